The van der Waals surface area contributed by atoms with E-state index in [-0.39, 0.29) is 5.91 Å². The van der Waals surface area contributed by atoms with Gasteiger partial charge in [0.05, 0.1) is 16.2 Å². The van der Waals surface area contributed by atoms with E-state index in [2.05, 4.69) is 23.5 Å². The van der Waals surface area contributed by atoms with Crippen LogP contribution in [0.5, 0.6) is 0 Å². The largest absolute Gasteiger partial charge is 0.348 e. The van der Waals surface area contributed by atoms with E-state index in [0.717, 1.165) is 5.56 Å². The topological polar surface area (TPSA) is 52.9 Å². The third kappa shape index (κ3) is 4.34. The molecule has 3 rings (SSSR count). The van der Waals surface area contributed by atoms with Gasteiger partial charge in [0, 0.05) is 12.1 Å². The number of benzene rings is 2. The highest BCUT2D eigenvalue weighted by molar-refractivity contribution is 8.16. The van der Waals surface area contributed by atoms with Gasteiger partial charge in [0.25, 0.3) is 5.91 Å². The van der Waals surface area contributed by atoms with Gasteiger partial charge in [-0.15, -0.1) is 23.5 Å². The van der Waals surface area contributed by atoms with Gasteiger partial charge in [-0.25, -0.2) is 0 Å². The lowest BCUT2D eigenvalue weighted by atomic mass is 10.1. The number of hydrogen-bond acceptors (Lipinski definition) is 4. The quantitative estimate of drug-likeness (QED) is 0.886. The molecule has 1 saturated heterocycles. The monoisotopic (exact) mass is 354 g/mol. The summed E-state index contributed by atoms with van der Waals surface area (Å²) in [6.07, 6.45) is 1.28. The second-order valence-corrected chi connectivity index (χ2v) is 8.27. The number of hydrogen-bond donors (Lipinski definition) is 1. The van der Waals surface area contributed by atoms with E-state index in [1.807, 2.05) is 47.8 Å². The fraction of sp³-hybridized carbons (Fsp3) is 0.263. The van der Waals surface area contributed by atoms with Gasteiger partial charge >= 0.3 is 0 Å². The molecule has 0 bridgehead atoms. The average Bonchev–Trinajstić information content (AvgIpc) is 2.67. The van der Waals surface area contributed by atoms with Gasteiger partial charge in [-0.1, -0.05) is 24.3 Å². The number of nitrogens with one attached hydrogen (secondary N) is 1. The molecule has 2 aromatic rings. The predicted molar refractivity (Wildman–Crippen MR) is 101 cm³/mol. The van der Waals surface area contributed by atoms with Crippen LogP contribution >= 0.6 is 23.5 Å². The van der Waals surface area contributed by atoms with Gasteiger partial charge in [-0.2, -0.15) is 5.26 Å². The second kappa shape index (κ2) is 8.27. The maximum Gasteiger partial charge on any atom is 0.251 e. The molecule has 24 heavy (non-hydrogen) atoms. The molecule has 2 aromatic carbocycles. The average molecular weight is 355 g/mol. The zero-order valence-electron chi connectivity index (χ0n) is 13.2. The molecule has 5 heteroatoms. The molecule has 3 nitrogen and oxygen atoms in total. The molecule has 0 unspecified atom stereocenters. The molecule has 0 saturated carbocycles. The first-order valence-electron chi connectivity index (χ1n) is 7.87. The molecule has 1 heterocycles. The van der Waals surface area contributed by atoms with Crippen molar-refractivity contribution in [1.82, 2.24) is 5.32 Å². The zero-order chi connectivity index (χ0) is 16.8. The number of nitriles is 1. The SMILES string of the molecule is N#Cc1cccc(CNC(=O)c2ccc(C3SCCCS3)cc2)c1. The van der Waals surface area contributed by atoms with Crippen LogP contribution < -0.4 is 5.32 Å². The van der Waals surface area contributed by atoms with Gasteiger partial charge in [0.1, 0.15) is 0 Å². The summed E-state index contributed by atoms with van der Waals surface area (Å²) in [7, 11) is 0. The molecule has 1 aliphatic heterocycles. The van der Waals surface area contributed by atoms with Crippen molar-refractivity contribution >= 4 is 29.4 Å². The van der Waals surface area contributed by atoms with Crippen LogP contribution in [0.25, 0.3) is 0 Å². The number of rotatable bonds is 4. The maximum atomic E-state index is 12.3. The van der Waals surface area contributed by atoms with Gasteiger partial charge < -0.3 is 5.32 Å². The van der Waals surface area contributed by atoms with E-state index in [9.17, 15) is 4.79 Å². The van der Waals surface area contributed by atoms with Gasteiger partial charge in [-0.05, 0) is 53.3 Å². The van der Waals surface area contributed by atoms with Crippen LogP contribution in [0.1, 0.15) is 38.1 Å². The molecule has 0 atom stereocenters. The molecule has 1 aliphatic rings. The summed E-state index contributed by atoms with van der Waals surface area (Å²) >= 11 is 3.96. The Balaban J connectivity index is 1.59. The lowest BCUT2D eigenvalue weighted by Gasteiger charge is -2.21. The highest BCUT2D eigenvalue weighted by atomic mass is 32.2. The van der Waals surface area contributed by atoms with Gasteiger partial charge in [-0.3, -0.25) is 4.79 Å². The van der Waals surface area contributed by atoms with Gasteiger partial charge in [0.15, 0.2) is 0 Å². The van der Waals surface area contributed by atoms with Crippen LogP contribution in [0, 0.1) is 11.3 Å². The molecule has 0 aliphatic carbocycles. The van der Waals surface area contributed by atoms with Crippen molar-refractivity contribution in [2.45, 2.75) is 17.5 Å². The summed E-state index contributed by atoms with van der Waals surface area (Å²) in [5, 5.41) is 11.8. The van der Waals surface area contributed by atoms with Crippen LogP contribution in [0.3, 0.4) is 0 Å². The maximum absolute atomic E-state index is 12.3. The lowest BCUT2D eigenvalue weighted by molar-refractivity contribution is 0.0951. The van der Waals surface area contributed by atoms with Crippen molar-refractivity contribution in [3.8, 4) is 6.07 Å². The van der Waals surface area contributed by atoms with E-state index in [1.54, 1.807) is 12.1 Å². The molecule has 0 spiro atoms. The normalized spacial score (nSPS) is 14.8. The van der Waals surface area contributed by atoms with Crippen molar-refractivity contribution in [3.63, 3.8) is 0 Å². The Morgan fingerprint density at radius 1 is 1.17 bits per heavy atom. The van der Waals surface area contributed by atoms with Crippen LogP contribution in [0.15, 0.2) is 48.5 Å². The molecule has 0 radical (unpaired) electrons. The Hall–Kier alpha value is -1.90. The number of carbonyl (C=O) groups is 1. The first-order valence-corrected chi connectivity index (χ1v) is 9.96. The molecule has 1 amide bonds. The standard InChI is InChI=1S/C19H18N2OS2/c20-12-14-3-1-4-15(11-14)13-21-18(22)16-5-7-17(8-6-16)19-23-9-2-10-24-19/h1,3-8,11,19H,2,9-10,13H2,(H,21,22). The van der Waals surface area contributed by atoms with Crippen LogP contribution in [-0.4, -0.2) is 17.4 Å². The predicted octanol–water partition coefficient (Wildman–Crippen LogP) is 4.36. The van der Waals surface area contributed by atoms with E-state index in [1.165, 1.54) is 23.5 Å². The van der Waals surface area contributed by atoms with Gasteiger partial charge in [0.2, 0.25) is 0 Å². The van der Waals surface area contributed by atoms with E-state index < -0.39 is 0 Å². The Kier molecular flexibility index (Phi) is 5.84. The highest BCUT2D eigenvalue weighted by Gasteiger charge is 2.16. The van der Waals surface area contributed by atoms with Crippen molar-refractivity contribution in [3.05, 3.63) is 70.8 Å². The number of carbonyl (C=O) groups excluding carboxylic acids is 1. The van der Waals surface area contributed by atoms with Crippen LogP contribution in [0.2, 0.25) is 0 Å². The van der Waals surface area contributed by atoms with E-state index >= 15 is 0 Å². The number of amides is 1. The minimum atomic E-state index is -0.0899. The molecular weight excluding hydrogens is 336 g/mol. The van der Waals surface area contributed by atoms with Crippen LogP contribution in [0.4, 0.5) is 0 Å². The van der Waals surface area contributed by atoms with Crippen LogP contribution in [-0.2, 0) is 6.54 Å². The minimum absolute atomic E-state index is 0.0899. The number of nitrogens with zero attached hydrogens (tertiary/aromatic N) is 1. The van der Waals surface area contributed by atoms with Crippen molar-refractivity contribution in [2.75, 3.05) is 11.5 Å². The Morgan fingerprint density at radius 3 is 2.62 bits per heavy atom. The molecule has 1 N–H and O–H groups in total. The Labute approximate surface area is 150 Å². The highest BCUT2D eigenvalue weighted by Crippen LogP contribution is 2.43. The molecule has 1 fully saturated rings. The fourth-order valence-corrected chi connectivity index (χ4v) is 5.40. The molecular formula is C19H18N2OS2. The summed E-state index contributed by atoms with van der Waals surface area (Å²) in [6.45, 7) is 0.421. The third-order valence-corrected chi connectivity index (χ3v) is 6.80. The first kappa shape index (κ1) is 16.9. The summed E-state index contributed by atoms with van der Waals surface area (Å²) in [4.78, 5) is 12.3. The molecule has 122 valence electrons. The van der Waals surface area contributed by atoms with E-state index in [4.69, 9.17) is 5.26 Å². The summed E-state index contributed by atoms with van der Waals surface area (Å²) in [6, 6.07) is 17.3. The zero-order valence-corrected chi connectivity index (χ0v) is 14.8. The lowest BCUT2D eigenvalue weighted by Crippen LogP contribution is -2.22. The fourth-order valence-electron chi connectivity index (χ4n) is 2.51. The van der Waals surface area contributed by atoms with Crippen molar-refractivity contribution in [2.24, 2.45) is 0 Å². The van der Waals surface area contributed by atoms with Crippen molar-refractivity contribution < 1.29 is 4.79 Å². The third-order valence-electron chi connectivity index (χ3n) is 3.78. The smallest absolute Gasteiger partial charge is 0.251 e. The minimum Gasteiger partial charge on any atom is -0.348 e. The second-order valence-electron chi connectivity index (χ2n) is 5.54. The Morgan fingerprint density at radius 2 is 1.92 bits per heavy atom. The molecule has 0 aromatic heterocycles. The first-order chi connectivity index (χ1) is 11.8. The number of thioether (sulfide) groups is 2. The summed E-state index contributed by atoms with van der Waals surface area (Å²) in [5.74, 6) is 2.33. The van der Waals surface area contributed by atoms with Crippen molar-refractivity contribution in [1.29, 1.82) is 5.26 Å². The summed E-state index contributed by atoms with van der Waals surface area (Å²) in [5.41, 5.74) is 3.48. The van der Waals surface area contributed by atoms with E-state index in [0.29, 0.717) is 22.3 Å². The Bertz CT molecular complexity index is 747. The summed E-state index contributed by atoms with van der Waals surface area (Å²) < 4.78 is 0.490.